The van der Waals surface area contributed by atoms with E-state index in [0.29, 0.717) is 18.2 Å². The van der Waals surface area contributed by atoms with Gasteiger partial charge in [0.15, 0.2) is 0 Å². The van der Waals surface area contributed by atoms with Gasteiger partial charge in [-0.2, -0.15) is 0 Å². The molecule has 1 aliphatic rings. The lowest BCUT2D eigenvalue weighted by Gasteiger charge is -2.30. The molecule has 21 heavy (non-hydrogen) atoms. The minimum absolute atomic E-state index is 0.291. The van der Waals surface area contributed by atoms with Crippen LogP contribution in [-0.2, 0) is 17.7 Å². The Bertz CT molecular complexity index is 708. The Morgan fingerprint density at radius 3 is 2.90 bits per heavy atom. The molecule has 5 nitrogen and oxygen atoms in total. The van der Waals surface area contributed by atoms with Crippen molar-refractivity contribution >= 4 is 39.2 Å². The summed E-state index contributed by atoms with van der Waals surface area (Å²) in [4.78, 5) is 24.3. The molecular formula is C14H16ClN3O2S. The second kappa shape index (κ2) is 5.10. The third-order valence-corrected chi connectivity index (χ3v) is 4.72. The number of rotatable bonds is 0. The van der Waals surface area contributed by atoms with Crippen molar-refractivity contribution in [2.75, 3.05) is 6.54 Å². The number of halogens is 1. The van der Waals surface area contributed by atoms with Crippen molar-refractivity contribution in [3.8, 4) is 0 Å². The first-order chi connectivity index (χ1) is 9.85. The minimum Gasteiger partial charge on any atom is -0.444 e. The molecule has 0 aliphatic carbocycles. The summed E-state index contributed by atoms with van der Waals surface area (Å²) < 4.78 is 5.44. The van der Waals surface area contributed by atoms with E-state index in [0.717, 1.165) is 22.2 Å². The highest BCUT2D eigenvalue weighted by atomic mass is 35.5. The van der Waals surface area contributed by atoms with Gasteiger partial charge in [-0.3, -0.25) is 0 Å². The van der Waals surface area contributed by atoms with E-state index in [9.17, 15) is 4.79 Å². The number of hydrogen-bond acceptors (Lipinski definition) is 5. The topological polar surface area (TPSA) is 55.3 Å². The largest absolute Gasteiger partial charge is 0.444 e. The first-order valence-corrected chi connectivity index (χ1v) is 7.93. The highest BCUT2D eigenvalue weighted by Gasteiger charge is 2.29. The number of aromatic nitrogens is 2. The fraction of sp³-hybridized carbons (Fsp3) is 0.500. The number of fused-ring (bicyclic) bond motifs is 3. The monoisotopic (exact) mass is 325 g/mol. The molecule has 3 rings (SSSR count). The molecule has 0 unspecified atom stereocenters. The van der Waals surface area contributed by atoms with Crippen LogP contribution in [0.4, 0.5) is 4.79 Å². The number of ether oxygens (including phenoxy) is 1. The average molecular weight is 326 g/mol. The van der Waals surface area contributed by atoms with Gasteiger partial charge in [0.2, 0.25) is 0 Å². The lowest BCUT2D eigenvalue weighted by atomic mass is 10.1. The first-order valence-electron chi connectivity index (χ1n) is 6.74. The number of carbonyl (C=O) groups excluding carboxylic acids is 1. The number of thiophene rings is 1. The number of carbonyl (C=O) groups is 1. The maximum atomic E-state index is 12.2. The fourth-order valence-electron chi connectivity index (χ4n) is 2.36. The summed E-state index contributed by atoms with van der Waals surface area (Å²) in [7, 11) is 0. The van der Waals surface area contributed by atoms with Crippen LogP contribution in [0.15, 0.2) is 6.33 Å². The van der Waals surface area contributed by atoms with E-state index in [1.807, 2.05) is 20.8 Å². The molecular weight excluding hydrogens is 310 g/mol. The Kier molecular flexibility index (Phi) is 3.53. The zero-order valence-electron chi connectivity index (χ0n) is 12.1. The van der Waals surface area contributed by atoms with Crippen molar-refractivity contribution in [3.63, 3.8) is 0 Å². The molecule has 2 aromatic rings. The molecule has 0 aromatic carbocycles. The quantitative estimate of drug-likeness (QED) is 0.694. The molecule has 0 N–H and O–H groups in total. The van der Waals surface area contributed by atoms with Crippen LogP contribution in [0, 0.1) is 0 Å². The van der Waals surface area contributed by atoms with Gasteiger partial charge >= 0.3 is 6.09 Å². The standard InChI is InChI=1S/C14H16ClN3O2S/c1-14(2,3)20-13(19)18-5-4-9-8(6-18)10-11(15)16-7-17-12(10)21-9/h7H,4-6H2,1-3H3. The summed E-state index contributed by atoms with van der Waals surface area (Å²) in [6.45, 7) is 6.75. The summed E-state index contributed by atoms with van der Waals surface area (Å²) in [6.07, 6.45) is 1.98. The van der Waals surface area contributed by atoms with Crippen molar-refractivity contribution in [1.29, 1.82) is 0 Å². The summed E-state index contributed by atoms with van der Waals surface area (Å²) in [5.74, 6) is 0. The van der Waals surface area contributed by atoms with E-state index < -0.39 is 5.60 Å². The summed E-state index contributed by atoms with van der Waals surface area (Å²) >= 11 is 7.82. The van der Waals surface area contributed by atoms with Gasteiger partial charge in [0.25, 0.3) is 0 Å². The maximum absolute atomic E-state index is 12.2. The van der Waals surface area contributed by atoms with E-state index in [4.69, 9.17) is 16.3 Å². The predicted octanol–water partition coefficient (Wildman–Crippen LogP) is 3.64. The molecule has 2 aromatic heterocycles. The van der Waals surface area contributed by atoms with Crippen LogP contribution in [0.3, 0.4) is 0 Å². The molecule has 1 amide bonds. The third kappa shape index (κ3) is 2.82. The molecule has 1 aliphatic heterocycles. The van der Waals surface area contributed by atoms with Gasteiger partial charge < -0.3 is 9.64 Å². The number of amides is 1. The second-order valence-corrected chi connectivity index (χ2v) is 7.44. The van der Waals surface area contributed by atoms with Crippen molar-refractivity contribution in [3.05, 3.63) is 21.9 Å². The molecule has 0 bridgehead atoms. The Labute approximate surface area is 131 Å². The third-order valence-electron chi connectivity index (χ3n) is 3.23. The van der Waals surface area contributed by atoms with Crippen molar-refractivity contribution in [1.82, 2.24) is 14.9 Å². The van der Waals surface area contributed by atoms with E-state index in [1.54, 1.807) is 16.2 Å². The van der Waals surface area contributed by atoms with Gasteiger partial charge in [-0.1, -0.05) is 11.6 Å². The molecule has 0 atom stereocenters. The molecule has 7 heteroatoms. The van der Waals surface area contributed by atoms with E-state index in [-0.39, 0.29) is 6.09 Å². The van der Waals surface area contributed by atoms with Crippen molar-refractivity contribution in [2.45, 2.75) is 39.3 Å². The predicted molar refractivity (Wildman–Crippen MR) is 82.8 cm³/mol. The minimum atomic E-state index is -0.491. The van der Waals surface area contributed by atoms with Gasteiger partial charge in [-0.25, -0.2) is 14.8 Å². The summed E-state index contributed by atoms with van der Waals surface area (Å²) in [6, 6.07) is 0. The molecule has 112 valence electrons. The molecule has 0 fully saturated rings. The number of nitrogens with zero attached hydrogens (tertiary/aromatic N) is 3. The van der Waals surface area contributed by atoms with Gasteiger partial charge in [-0.15, -0.1) is 11.3 Å². The van der Waals surface area contributed by atoms with E-state index in [2.05, 4.69) is 9.97 Å². The number of hydrogen-bond donors (Lipinski definition) is 0. The van der Waals surface area contributed by atoms with Crippen LogP contribution in [0.1, 0.15) is 31.2 Å². The van der Waals surface area contributed by atoms with Crippen LogP contribution < -0.4 is 0 Å². The Balaban J connectivity index is 1.91. The Morgan fingerprint density at radius 1 is 1.43 bits per heavy atom. The zero-order chi connectivity index (χ0) is 15.2. The Morgan fingerprint density at radius 2 is 2.19 bits per heavy atom. The van der Waals surface area contributed by atoms with Gasteiger partial charge in [0.05, 0.1) is 11.9 Å². The maximum Gasteiger partial charge on any atom is 0.410 e. The normalized spacial score (nSPS) is 15.1. The molecule has 0 saturated carbocycles. The van der Waals surface area contributed by atoms with Crippen LogP contribution in [-0.4, -0.2) is 33.1 Å². The van der Waals surface area contributed by atoms with Gasteiger partial charge in [0.1, 0.15) is 21.9 Å². The van der Waals surface area contributed by atoms with Gasteiger partial charge in [-0.05, 0) is 32.8 Å². The highest BCUT2D eigenvalue weighted by molar-refractivity contribution is 7.19. The second-order valence-electron chi connectivity index (χ2n) is 6.00. The SMILES string of the molecule is CC(C)(C)OC(=O)N1CCc2sc3ncnc(Cl)c3c2C1. The van der Waals surface area contributed by atoms with Gasteiger partial charge in [0, 0.05) is 11.4 Å². The Hall–Kier alpha value is -1.40. The van der Waals surface area contributed by atoms with Crippen molar-refractivity contribution in [2.24, 2.45) is 0 Å². The lowest BCUT2D eigenvalue weighted by molar-refractivity contribution is 0.0226. The fourth-order valence-corrected chi connectivity index (χ4v) is 3.80. The first kappa shape index (κ1) is 14.5. The van der Waals surface area contributed by atoms with Crippen molar-refractivity contribution < 1.29 is 9.53 Å². The average Bonchev–Trinajstić information content (AvgIpc) is 2.75. The smallest absolute Gasteiger partial charge is 0.410 e. The van der Waals surface area contributed by atoms with E-state index >= 15 is 0 Å². The summed E-state index contributed by atoms with van der Waals surface area (Å²) in [5.41, 5.74) is 0.562. The molecule has 0 spiro atoms. The molecule has 3 heterocycles. The molecule has 0 saturated heterocycles. The van der Waals surface area contributed by atoms with E-state index in [1.165, 1.54) is 11.2 Å². The summed E-state index contributed by atoms with van der Waals surface area (Å²) in [5, 5.41) is 1.32. The zero-order valence-corrected chi connectivity index (χ0v) is 13.7. The highest BCUT2D eigenvalue weighted by Crippen LogP contribution is 2.37. The van der Waals surface area contributed by atoms with Crippen LogP contribution in [0.2, 0.25) is 5.15 Å². The van der Waals surface area contributed by atoms with Crippen LogP contribution in [0.25, 0.3) is 10.2 Å². The lowest BCUT2D eigenvalue weighted by Crippen LogP contribution is -2.39. The van der Waals surface area contributed by atoms with Crippen LogP contribution >= 0.6 is 22.9 Å². The van der Waals surface area contributed by atoms with Crippen LogP contribution in [0.5, 0.6) is 0 Å². The molecule has 0 radical (unpaired) electrons.